The number of aliphatic hydroxyl groups excluding tert-OH is 3. The number of carbonyl (C=O) groups excluding carboxylic acids is 1. The minimum atomic E-state index is -1.44. The lowest BCUT2D eigenvalue weighted by Gasteiger charge is -2.38. The molecule has 9 nitrogen and oxygen atoms in total. The molecular weight excluding hydrogens is 370 g/mol. The Morgan fingerprint density at radius 1 is 0.964 bits per heavy atom. The van der Waals surface area contributed by atoms with E-state index in [-0.39, 0.29) is 11.5 Å². The van der Waals surface area contributed by atoms with Gasteiger partial charge in [-0.2, -0.15) is 0 Å². The summed E-state index contributed by atoms with van der Waals surface area (Å²) in [5, 5.41) is 40.2. The molecule has 3 N–H and O–H groups in total. The Balaban J connectivity index is 1.69. The zero-order valence-corrected chi connectivity index (χ0v) is 14.8. The summed E-state index contributed by atoms with van der Waals surface area (Å²) >= 11 is 0. The summed E-state index contributed by atoms with van der Waals surface area (Å²) in [5.41, 5.74) is 0.541. The lowest BCUT2D eigenvalue weighted by Crippen LogP contribution is -2.58. The quantitative estimate of drug-likeness (QED) is 0.391. The summed E-state index contributed by atoms with van der Waals surface area (Å²) in [6, 6.07) is 11.3. The average molecular weight is 389 g/mol. The van der Waals surface area contributed by atoms with Crippen LogP contribution >= 0.6 is 0 Å². The van der Waals surface area contributed by atoms with Crippen LogP contribution in [0.5, 0.6) is 5.75 Å². The highest BCUT2D eigenvalue weighted by molar-refractivity contribution is 6.09. The van der Waals surface area contributed by atoms with E-state index in [0.717, 1.165) is 0 Å². The summed E-state index contributed by atoms with van der Waals surface area (Å²) in [6.07, 6.45) is -5.98. The lowest BCUT2D eigenvalue weighted by atomic mass is 10.00. The maximum atomic E-state index is 12.5. The van der Waals surface area contributed by atoms with Crippen molar-refractivity contribution >= 4 is 11.5 Å². The molecule has 1 aliphatic heterocycles. The van der Waals surface area contributed by atoms with E-state index in [2.05, 4.69) is 0 Å². The Morgan fingerprint density at radius 2 is 1.50 bits per heavy atom. The van der Waals surface area contributed by atoms with E-state index in [1.54, 1.807) is 6.92 Å². The molecular formula is C19H19NO8. The fourth-order valence-corrected chi connectivity index (χ4v) is 2.83. The van der Waals surface area contributed by atoms with Gasteiger partial charge in [0, 0.05) is 23.3 Å². The van der Waals surface area contributed by atoms with E-state index in [1.807, 2.05) is 0 Å². The minimum absolute atomic E-state index is 0.104. The van der Waals surface area contributed by atoms with Crippen LogP contribution in [-0.4, -0.2) is 56.7 Å². The van der Waals surface area contributed by atoms with Gasteiger partial charge in [0.15, 0.2) is 5.78 Å². The first kappa shape index (κ1) is 19.9. The fraction of sp³-hybridized carbons (Fsp3) is 0.316. The molecule has 0 radical (unpaired) electrons. The van der Waals surface area contributed by atoms with Gasteiger partial charge >= 0.3 is 0 Å². The normalized spacial score (nSPS) is 27.2. The van der Waals surface area contributed by atoms with Crippen molar-refractivity contribution in [1.82, 2.24) is 0 Å². The Hall–Kier alpha value is -2.85. The maximum Gasteiger partial charge on any atom is 0.269 e. The third-order valence-electron chi connectivity index (χ3n) is 4.52. The van der Waals surface area contributed by atoms with Crippen LogP contribution in [0.1, 0.15) is 22.8 Å². The van der Waals surface area contributed by atoms with E-state index in [1.165, 1.54) is 48.5 Å². The van der Waals surface area contributed by atoms with E-state index < -0.39 is 35.6 Å². The zero-order chi connectivity index (χ0) is 20.4. The molecule has 0 unspecified atom stereocenters. The second-order valence-corrected chi connectivity index (χ2v) is 6.46. The molecule has 2 aromatic carbocycles. The Morgan fingerprint density at radius 3 is 2.04 bits per heavy atom. The Kier molecular flexibility index (Phi) is 5.71. The molecule has 1 heterocycles. The average Bonchev–Trinajstić information content (AvgIpc) is 2.70. The molecule has 148 valence electrons. The van der Waals surface area contributed by atoms with Gasteiger partial charge in [0.05, 0.1) is 11.0 Å². The topological polar surface area (TPSA) is 139 Å². The number of non-ortho nitro benzene ring substituents is 1. The first-order chi connectivity index (χ1) is 13.3. The number of hydrogen-bond donors (Lipinski definition) is 3. The van der Waals surface area contributed by atoms with E-state index >= 15 is 0 Å². The molecule has 0 saturated carbocycles. The van der Waals surface area contributed by atoms with Crippen molar-refractivity contribution < 1.29 is 34.5 Å². The molecule has 1 aliphatic rings. The van der Waals surface area contributed by atoms with Crippen LogP contribution in [0.2, 0.25) is 0 Å². The highest BCUT2D eigenvalue weighted by Crippen LogP contribution is 2.25. The van der Waals surface area contributed by atoms with Crippen LogP contribution in [0.25, 0.3) is 0 Å². The Bertz CT molecular complexity index is 851. The van der Waals surface area contributed by atoms with Gasteiger partial charge in [-0.05, 0) is 43.3 Å². The Labute approximate surface area is 159 Å². The molecule has 9 heteroatoms. The van der Waals surface area contributed by atoms with Crippen LogP contribution < -0.4 is 4.74 Å². The summed E-state index contributed by atoms with van der Waals surface area (Å²) in [7, 11) is 0. The molecule has 2 aromatic rings. The number of ketones is 1. The predicted octanol–water partition coefficient (Wildman–Crippen LogP) is 1.03. The van der Waals surface area contributed by atoms with Crippen molar-refractivity contribution in [2.45, 2.75) is 37.6 Å². The second-order valence-electron chi connectivity index (χ2n) is 6.46. The van der Waals surface area contributed by atoms with Crippen LogP contribution in [0.3, 0.4) is 0 Å². The monoisotopic (exact) mass is 389 g/mol. The van der Waals surface area contributed by atoms with Gasteiger partial charge in [0.25, 0.3) is 5.69 Å². The number of rotatable bonds is 5. The van der Waals surface area contributed by atoms with Gasteiger partial charge in [-0.25, -0.2) is 0 Å². The van der Waals surface area contributed by atoms with E-state index in [9.17, 15) is 30.2 Å². The van der Waals surface area contributed by atoms with Gasteiger partial charge in [0.1, 0.15) is 24.1 Å². The summed E-state index contributed by atoms with van der Waals surface area (Å²) in [6.45, 7) is 1.54. The third-order valence-corrected chi connectivity index (χ3v) is 4.52. The molecule has 3 rings (SSSR count). The van der Waals surface area contributed by atoms with Crippen molar-refractivity contribution in [2.75, 3.05) is 0 Å². The molecule has 1 fully saturated rings. The maximum absolute atomic E-state index is 12.5. The highest BCUT2D eigenvalue weighted by Gasteiger charge is 2.43. The van der Waals surface area contributed by atoms with Crippen molar-refractivity contribution in [3.63, 3.8) is 0 Å². The molecule has 0 aliphatic carbocycles. The van der Waals surface area contributed by atoms with Gasteiger partial charge in [-0.3, -0.25) is 14.9 Å². The van der Waals surface area contributed by atoms with E-state index in [4.69, 9.17) is 9.47 Å². The standard InChI is InChI=1S/C19H19NO8/c1-10-15(21)17(23)18(24)19(27-10)28-14-8-4-12(5-9-14)16(22)11-2-6-13(7-3-11)20(25)26/h2-10,15,17-19,21,23-24H,1H3/t10-,15-,17+,18+,19-/m1/s1. The molecule has 28 heavy (non-hydrogen) atoms. The molecule has 5 atom stereocenters. The molecule has 0 aromatic heterocycles. The van der Waals surface area contributed by atoms with Crippen LogP contribution in [0, 0.1) is 10.1 Å². The number of carbonyl (C=O) groups is 1. The smallest absolute Gasteiger partial charge is 0.269 e. The number of nitrogens with zero attached hydrogens (tertiary/aromatic N) is 1. The van der Waals surface area contributed by atoms with Gasteiger partial charge in [-0.1, -0.05) is 0 Å². The van der Waals surface area contributed by atoms with Crippen molar-refractivity contribution in [3.8, 4) is 5.75 Å². The van der Waals surface area contributed by atoms with Gasteiger partial charge < -0.3 is 24.8 Å². The second kappa shape index (κ2) is 8.03. The number of hydrogen-bond acceptors (Lipinski definition) is 8. The van der Waals surface area contributed by atoms with Crippen LogP contribution in [-0.2, 0) is 4.74 Å². The summed E-state index contributed by atoms with van der Waals surface area (Å²) < 4.78 is 10.9. The highest BCUT2D eigenvalue weighted by atomic mass is 16.7. The zero-order valence-electron chi connectivity index (χ0n) is 14.8. The van der Waals surface area contributed by atoms with Crippen LogP contribution in [0.15, 0.2) is 48.5 Å². The van der Waals surface area contributed by atoms with Gasteiger partial charge in [-0.15, -0.1) is 0 Å². The number of ether oxygens (including phenoxy) is 2. The molecule has 0 amide bonds. The van der Waals surface area contributed by atoms with Crippen molar-refractivity contribution in [3.05, 3.63) is 69.8 Å². The first-order valence-electron chi connectivity index (χ1n) is 8.53. The third kappa shape index (κ3) is 4.02. The predicted molar refractivity (Wildman–Crippen MR) is 96.0 cm³/mol. The number of benzene rings is 2. The first-order valence-corrected chi connectivity index (χ1v) is 8.53. The fourth-order valence-electron chi connectivity index (χ4n) is 2.83. The number of nitro benzene ring substituents is 1. The summed E-state index contributed by atoms with van der Waals surface area (Å²) in [5.74, 6) is -0.0253. The molecule has 0 bridgehead atoms. The van der Waals surface area contributed by atoms with Crippen molar-refractivity contribution in [2.24, 2.45) is 0 Å². The molecule has 1 saturated heterocycles. The SMILES string of the molecule is C[C@H]1O[C@H](Oc2ccc(C(=O)c3ccc([N+](=O)[O-])cc3)cc2)[C@@H](O)[C@@H](O)[C@@H]1O. The van der Waals surface area contributed by atoms with Crippen LogP contribution in [0.4, 0.5) is 5.69 Å². The number of nitro groups is 1. The lowest BCUT2D eigenvalue weighted by molar-refractivity contribution is -0.384. The minimum Gasteiger partial charge on any atom is -0.462 e. The van der Waals surface area contributed by atoms with Crippen molar-refractivity contribution in [1.29, 1.82) is 0 Å². The molecule has 0 spiro atoms. The van der Waals surface area contributed by atoms with E-state index in [0.29, 0.717) is 16.9 Å². The number of aliphatic hydroxyl groups is 3. The van der Waals surface area contributed by atoms with Gasteiger partial charge in [0.2, 0.25) is 6.29 Å². The summed E-state index contributed by atoms with van der Waals surface area (Å²) in [4.78, 5) is 22.6. The largest absolute Gasteiger partial charge is 0.462 e.